The SMILES string of the molecule is C=C(C1=CCC2=C1CC=CC2)C1CCCCC1. The molecule has 0 aliphatic heterocycles. The zero-order chi connectivity index (χ0) is 11.7. The molecule has 0 aromatic heterocycles. The molecule has 0 unspecified atom stereocenters. The third-order valence-corrected chi connectivity index (χ3v) is 4.60. The Morgan fingerprint density at radius 3 is 2.59 bits per heavy atom. The minimum Gasteiger partial charge on any atom is -0.0950 e. The fourth-order valence-electron chi connectivity index (χ4n) is 3.55. The highest BCUT2D eigenvalue weighted by Crippen LogP contribution is 2.42. The molecule has 3 rings (SSSR count). The summed E-state index contributed by atoms with van der Waals surface area (Å²) in [5.74, 6) is 0.771. The third kappa shape index (κ3) is 2.06. The lowest BCUT2D eigenvalue weighted by molar-refractivity contribution is 0.407. The van der Waals surface area contributed by atoms with E-state index in [1.807, 2.05) is 0 Å². The van der Waals surface area contributed by atoms with Crippen molar-refractivity contribution in [2.45, 2.75) is 51.4 Å². The summed E-state index contributed by atoms with van der Waals surface area (Å²) in [7, 11) is 0. The number of hydrogen-bond donors (Lipinski definition) is 0. The van der Waals surface area contributed by atoms with Gasteiger partial charge in [0.05, 0.1) is 0 Å². The van der Waals surface area contributed by atoms with Gasteiger partial charge in [-0.05, 0) is 54.7 Å². The maximum atomic E-state index is 4.42. The van der Waals surface area contributed by atoms with Crippen LogP contribution in [0.3, 0.4) is 0 Å². The highest BCUT2D eigenvalue weighted by Gasteiger charge is 2.25. The van der Waals surface area contributed by atoms with Crippen LogP contribution in [0.2, 0.25) is 0 Å². The van der Waals surface area contributed by atoms with Gasteiger partial charge in [-0.25, -0.2) is 0 Å². The Labute approximate surface area is 105 Å². The Bertz CT molecular complexity index is 411. The maximum absolute atomic E-state index is 4.42. The lowest BCUT2D eigenvalue weighted by Crippen LogP contribution is -2.11. The Morgan fingerprint density at radius 1 is 1.00 bits per heavy atom. The van der Waals surface area contributed by atoms with Crippen molar-refractivity contribution in [3.05, 3.63) is 47.1 Å². The molecule has 0 spiro atoms. The average Bonchev–Trinajstić information content (AvgIpc) is 2.83. The van der Waals surface area contributed by atoms with Gasteiger partial charge in [0.1, 0.15) is 0 Å². The summed E-state index contributed by atoms with van der Waals surface area (Å²) < 4.78 is 0. The summed E-state index contributed by atoms with van der Waals surface area (Å²) in [4.78, 5) is 0. The van der Waals surface area contributed by atoms with E-state index in [1.54, 1.807) is 11.1 Å². The van der Waals surface area contributed by atoms with Gasteiger partial charge in [-0.1, -0.05) is 49.6 Å². The largest absolute Gasteiger partial charge is 0.0950 e. The topological polar surface area (TPSA) is 0 Å². The first-order chi connectivity index (χ1) is 8.36. The highest BCUT2D eigenvalue weighted by atomic mass is 14.3. The molecule has 0 amide bonds. The zero-order valence-corrected chi connectivity index (χ0v) is 10.7. The predicted molar refractivity (Wildman–Crippen MR) is 73.8 cm³/mol. The Morgan fingerprint density at radius 2 is 1.76 bits per heavy atom. The number of rotatable bonds is 2. The second kappa shape index (κ2) is 4.68. The van der Waals surface area contributed by atoms with E-state index in [0.717, 1.165) is 12.3 Å². The highest BCUT2D eigenvalue weighted by molar-refractivity contribution is 5.55. The number of hydrogen-bond acceptors (Lipinski definition) is 0. The van der Waals surface area contributed by atoms with Crippen molar-refractivity contribution >= 4 is 0 Å². The van der Waals surface area contributed by atoms with Gasteiger partial charge >= 0.3 is 0 Å². The molecule has 0 radical (unpaired) electrons. The van der Waals surface area contributed by atoms with Gasteiger partial charge in [0.2, 0.25) is 0 Å². The molecule has 0 heteroatoms. The van der Waals surface area contributed by atoms with Crippen LogP contribution in [0.1, 0.15) is 51.4 Å². The van der Waals surface area contributed by atoms with Gasteiger partial charge in [0.25, 0.3) is 0 Å². The van der Waals surface area contributed by atoms with Gasteiger partial charge < -0.3 is 0 Å². The molecule has 0 heterocycles. The van der Waals surface area contributed by atoms with E-state index in [2.05, 4.69) is 24.8 Å². The van der Waals surface area contributed by atoms with E-state index in [1.165, 1.54) is 56.1 Å². The first-order valence-electron chi connectivity index (χ1n) is 7.12. The van der Waals surface area contributed by atoms with Crippen molar-refractivity contribution in [3.8, 4) is 0 Å². The summed E-state index contributed by atoms with van der Waals surface area (Å²) in [5.41, 5.74) is 6.24. The van der Waals surface area contributed by atoms with Crippen molar-refractivity contribution in [3.63, 3.8) is 0 Å². The van der Waals surface area contributed by atoms with Gasteiger partial charge in [0, 0.05) is 0 Å². The summed E-state index contributed by atoms with van der Waals surface area (Å²) in [6.07, 6.45) is 17.6. The van der Waals surface area contributed by atoms with Crippen LogP contribution in [0.25, 0.3) is 0 Å². The molecule has 0 atom stereocenters. The Balaban J connectivity index is 1.76. The van der Waals surface area contributed by atoms with Crippen LogP contribution in [0.15, 0.2) is 47.1 Å². The van der Waals surface area contributed by atoms with Gasteiger partial charge in [-0.3, -0.25) is 0 Å². The van der Waals surface area contributed by atoms with Crippen LogP contribution in [-0.4, -0.2) is 0 Å². The van der Waals surface area contributed by atoms with E-state index < -0.39 is 0 Å². The lowest BCUT2D eigenvalue weighted by atomic mass is 9.79. The number of allylic oxidation sites excluding steroid dienone is 7. The molecular formula is C17H22. The smallest absolute Gasteiger partial charge is 0.00916 e. The van der Waals surface area contributed by atoms with Crippen molar-refractivity contribution in [1.82, 2.24) is 0 Å². The first-order valence-corrected chi connectivity index (χ1v) is 7.12. The molecule has 0 aromatic rings. The van der Waals surface area contributed by atoms with Crippen LogP contribution >= 0.6 is 0 Å². The van der Waals surface area contributed by atoms with Crippen LogP contribution < -0.4 is 0 Å². The van der Waals surface area contributed by atoms with Crippen LogP contribution in [0.5, 0.6) is 0 Å². The summed E-state index contributed by atoms with van der Waals surface area (Å²) in [6, 6.07) is 0. The molecule has 0 nitrogen and oxygen atoms in total. The van der Waals surface area contributed by atoms with Gasteiger partial charge in [-0.15, -0.1) is 0 Å². The fourth-order valence-corrected chi connectivity index (χ4v) is 3.55. The molecule has 90 valence electrons. The van der Waals surface area contributed by atoms with Crippen molar-refractivity contribution in [2.24, 2.45) is 5.92 Å². The van der Waals surface area contributed by atoms with Crippen LogP contribution in [0, 0.1) is 5.92 Å². The molecule has 17 heavy (non-hydrogen) atoms. The van der Waals surface area contributed by atoms with E-state index in [0.29, 0.717) is 0 Å². The van der Waals surface area contributed by atoms with E-state index in [9.17, 15) is 0 Å². The first kappa shape index (κ1) is 11.1. The summed E-state index contributed by atoms with van der Waals surface area (Å²) >= 11 is 0. The normalized spacial score (nSPS) is 24.8. The van der Waals surface area contributed by atoms with Crippen LogP contribution in [-0.2, 0) is 0 Å². The maximum Gasteiger partial charge on any atom is -0.00916 e. The molecule has 0 N–H and O–H groups in total. The second-order valence-electron chi connectivity index (χ2n) is 5.64. The van der Waals surface area contributed by atoms with Crippen molar-refractivity contribution in [1.29, 1.82) is 0 Å². The van der Waals surface area contributed by atoms with E-state index in [-0.39, 0.29) is 0 Å². The van der Waals surface area contributed by atoms with Gasteiger partial charge in [0.15, 0.2) is 0 Å². The summed E-state index contributed by atoms with van der Waals surface area (Å²) in [5, 5.41) is 0. The van der Waals surface area contributed by atoms with Crippen molar-refractivity contribution in [2.75, 3.05) is 0 Å². The minimum absolute atomic E-state index is 0.771. The van der Waals surface area contributed by atoms with E-state index >= 15 is 0 Å². The second-order valence-corrected chi connectivity index (χ2v) is 5.64. The van der Waals surface area contributed by atoms with Gasteiger partial charge in [-0.2, -0.15) is 0 Å². The monoisotopic (exact) mass is 226 g/mol. The molecule has 0 aromatic carbocycles. The molecule has 0 saturated heterocycles. The third-order valence-electron chi connectivity index (χ3n) is 4.60. The molecular weight excluding hydrogens is 204 g/mol. The molecule has 1 fully saturated rings. The average molecular weight is 226 g/mol. The van der Waals surface area contributed by atoms with E-state index in [4.69, 9.17) is 0 Å². The lowest BCUT2D eigenvalue weighted by Gasteiger charge is -2.26. The minimum atomic E-state index is 0.771. The summed E-state index contributed by atoms with van der Waals surface area (Å²) in [6.45, 7) is 4.42. The predicted octanol–water partition coefficient (Wildman–Crippen LogP) is 5.10. The molecule has 1 saturated carbocycles. The Kier molecular flexibility index (Phi) is 3.05. The fraction of sp³-hybridized carbons (Fsp3) is 0.529. The quantitative estimate of drug-likeness (QED) is 0.575. The van der Waals surface area contributed by atoms with Crippen molar-refractivity contribution < 1.29 is 0 Å². The molecule has 3 aliphatic rings. The zero-order valence-electron chi connectivity index (χ0n) is 10.7. The standard InChI is InChI=1S/C17H22/c1-13(14-7-3-2-4-8-14)16-12-11-15-9-5-6-10-17(15)16/h5-6,12,14H,1-4,7-11H2. The Hall–Kier alpha value is -1.04. The molecule has 3 aliphatic carbocycles. The molecule has 0 bridgehead atoms. The van der Waals surface area contributed by atoms with Crippen LogP contribution in [0.4, 0.5) is 0 Å².